The third-order valence-electron chi connectivity index (χ3n) is 4.14. The van der Waals surface area contributed by atoms with E-state index < -0.39 is 17.6 Å². The number of nitrogens with two attached hydrogens (primary N) is 1. The molecule has 1 aromatic heterocycles. The average Bonchev–Trinajstić information content (AvgIpc) is 3.14. The van der Waals surface area contributed by atoms with Gasteiger partial charge in [0.1, 0.15) is 18.1 Å². The van der Waals surface area contributed by atoms with Crippen molar-refractivity contribution < 1.29 is 27.4 Å². The fraction of sp³-hybridized carbons (Fsp3) is 0.250. The molecule has 0 aliphatic carbocycles. The van der Waals surface area contributed by atoms with E-state index in [2.05, 4.69) is 10.2 Å². The van der Waals surface area contributed by atoms with Gasteiger partial charge in [0.2, 0.25) is 5.91 Å². The molecule has 11 heteroatoms. The van der Waals surface area contributed by atoms with Gasteiger partial charge >= 0.3 is 6.18 Å². The van der Waals surface area contributed by atoms with Crippen molar-refractivity contribution in [2.45, 2.75) is 24.4 Å². The van der Waals surface area contributed by atoms with E-state index in [4.69, 9.17) is 15.2 Å². The molecule has 7 nitrogen and oxygen atoms in total. The fourth-order valence-electron chi connectivity index (χ4n) is 2.63. The number of primary amides is 1. The molecular formula is C20H19F3N4O3S. The van der Waals surface area contributed by atoms with Crippen LogP contribution in [0.5, 0.6) is 11.5 Å². The van der Waals surface area contributed by atoms with E-state index >= 15 is 0 Å². The molecule has 2 aromatic carbocycles. The maximum absolute atomic E-state index is 13.2. The van der Waals surface area contributed by atoms with Crippen molar-refractivity contribution in [1.82, 2.24) is 14.8 Å². The molecule has 31 heavy (non-hydrogen) atoms. The average molecular weight is 452 g/mol. The van der Waals surface area contributed by atoms with E-state index in [0.717, 1.165) is 12.1 Å². The number of benzene rings is 2. The van der Waals surface area contributed by atoms with Gasteiger partial charge in [-0.25, -0.2) is 0 Å². The molecule has 0 unspecified atom stereocenters. The van der Waals surface area contributed by atoms with Crippen LogP contribution in [-0.2, 0) is 17.6 Å². The van der Waals surface area contributed by atoms with Crippen molar-refractivity contribution in [2.24, 2.45) is 5.73 Å². The lowest BCUT2D eigenvalue weighted by atomic mass is 10.2. The highest BCUT2D eigenvalue weighted by molar-refractivity contribution is 7.99. The first-order valence-electron chi connectivity index (χ1n) is 9.08. The lowest BCUT2D eigenvalue weighted by Gasteiger charge is -2.13. The molecule has 0 aliphatic heterocycles. The van der Waals surface area contributed by atoms with Crippen LogP contribution >= 0.6 is 11.8 Å². The summed E-state index contributed by atoms with van der Waals surface area (Å²) in [5.74, 6) is 1.32. The zero-order valence-electron chi connectivity index (χ0n) is 16.4. The lowest BCUT2D eigenvalue weighted by Crippen LogP contribution is -2.12. The van der Waals surface area contributed by atoms with Gasteiger partial charge in [0.15, 0.2) is 11.0 Å². The lowest BCUT2D eigenvalue weighted by molar-refractivity contribution is -0.137. The highest BCUT2D eigenvalue weighted by Gasteiger charge is 2.31. The second-order valence-electron chi connectivity index (χ2n) is 6.31. The minimum absolute atomic E-state index is 0.0358. The zero-order chi connectivity index (χ0) is 22.4. The molecule has 0 spiro atoms. The van der Waals surface area contributed by atoms with Crippen molar-refractivity contribution in [1.29, 1.82) is 0 Å². The smallest absolute Gasteiger partial charge is 0.416 e. The van der Waals surface area contributed by atoms with Crippen LogP contribution < -0.4 is 15.2 Å². The quantitative estimate of drug-likeness (QED) is 0.496. The first kappa shape index (κ1) is 22.5. The number of alkyl halides is 3. The summed E-state index contributed by atoms with van der Waals surface area (Å²) in [5.41, 5.74) is 4.60. The number of halogens is 3. The maximum Gasteiger partial charge on any atom is 0.416 e. The van der Waals surface area contributed by atoms with Crippen molar-refractivity contribution in [3.8, 4) is 17.2 Å². The number of hydrogen-bond donors (Lipinski definition) is 1. The van der Waals surface area contributed by atoms with Gasteiger partial charge in [-0.2, -0.15) is 13.2 Å². The second kappa shape index (κ2) is 9.73. The Morgan fingerprint density at radius 2 is 1.84 bits per heavy atom. The summed E-state index contributed by atoms with van der Waals surface area (Å²) in [6.45, 7) is -0.0358. The van der Waals surface area contributed by atoms with Gasteiger partial charge in [-0.15, -0.1) is 10.2 Å². The second-order valence-corrected chi connectivity index (χ2v) is 7.37. The standard InChI is InChI=1S/C20H19F3N4O3S/c1-29-15-5-7-16(8-6-15)30-12-18-25-26-19(31-10-9-17(24)28)27(18)14-4-2-3-13(11-14)20(21,22)23/h2-8,11H,9-10,12H2,1H3,(H2,24,28). The Kier molecular flexibility index (Phi) is 7.06. The number of rotatable bonds is 9. The molecular weight excluding hydrogens is 433 g/mol. The Morgan fingerprint density at radius 3 is 2.48 bits per heavy atom. The number of carbonyl (C=O) groups is 1. The third kappa shape index (κ3) is 5.91. The van der Waals surface area contributed by atoms with Crippen molar-refractivity contribution >= 4 is 17.7 Å². The molecule has 0 radical (unpaired) electrons. The Morgan fingerprint density at radius 1 is 1.13 bits per heavy atom. The van der Waals surface area contributed by atoms with Gasteiger partial charge in [-0.1, -0.05) is 17.8 Å². The van der Waals surface area contributed by atoms with Gasteiger partial charge in [-0.3, -0.25) is 9.36 Å². The summed E-state index contributed by atoms with van der Waals surface area (Å²) in [6, 6.07) is 11.7. The van der Waals surface area contributed by atoms with Crippen molar-refractivity contribution in [2.75, 3.05) is 12.9 Å². The molecule has 1 heterocycles. The van der Waals surface area contributed by atoms with Crippen molar-refractivity contribution in [3.63, 3.8) is 0 Å². The van der Waals surface area contributed by atoms with E-state index in [1.807, 2.05) is 0 Å². The molecule has 1 amide bonds. The molecule has 164 valence electrons. The van der Waals surface area contributed by atoms with Gasteiger partial charge < -0.3 is 15.2 Å². The molecule has 0 saturated heterocycles. The first-order valence-corrected chi connectivity index (χ1v) is 10.1. The van der Waals surface area contributed by atoms with E-state index in [9.17, 15) is 18.0 Å². The van der Waals surface area contributed by atoms with E-state index in [1.54, 1.807) is 31.4 Å². The number of ether oxygens (including phenoxy) is 2. The normalized spacial score (nSPS) is 11.4. The van der Waals surface area contributed by atoms with Gasteiger partial charge in [0.25, 0.3) is 0 Å². The maximum atomic E-state index is 13.2. The number of nitrogens with zero attached hydrogens (tertiary/aromatic N) is 3. The number of aromatic nitrogens is 3. The largest absolute Gasteiger partial charge is 0.497 e. The van der Waals surface area contributed by atoms with Crippen LogP contribution in [-0.4, -0.2) is 33.5 Å². The van der Waals surface area contributed by atoms with Crippen LogP contribution in [0.2, 0.25) is 0 Å². The highest BCUT2D eigenvalue weighted by Crippen LogP contribution is 2.32. The predicted molar refractivity (Wildman–Crippen MR) is 108 cm³/mol. The molecule has 2 N–H and O–H groups in total. The van der Waals surface area contributed by atoms with E-state index in [0.29, 0.717) is 28.2 Å². The number of methoxy groups -OCH3 is 1. The number of hydrogen-bond acceptors (Lipinski definition) is 6. The predicted octanol–water partition coefficient (Wildman–Crippen LogP) is 3.84. The minimum Gasteiger partial charge on any atom is -0.497 e. The summed E-state index contributed by atoms with van der Waals surface area (Å²) in [5, 5.41) is 8.47. The molecule has 0 aliphatic rings. The Bertz CT molecular complexity index is 1040. The van der Waals surface area contributed by atoms with Crippen molar-refractivity contribution in [3.05, 3.63) is 59.9 Å². The first-order chi connectivity index (χ1) is 14.8. The number of amides is 1. The molecule has 0 atom stereocenters. The molecule has 3 rings (SSSR count). The Labute approximate surface area is 180 Å². The monoisotopic (exact) mass is 452 g/mol. The van der Waals surface area contributed by atoms with Crippen LogP contribution in [0.1, 0.15) is 17.8 Å². The molecule has 0 bridgehead atoms. The summed E-state index contributed by atoms with van der Waals surface area (Å²) in [6.07, 6.45) is -4.40. The fourth-order valence-corrected chi connectivity index (χ4v) is 3.55. The Balaban J connectivity index is 1.89. The van der Waals surface area contributed by atoms with Crippen LogP contribution in [0, 0.1) is 0 Å². The minimum atomic E-state index is -4.50. The zero-order valence-corrected chi connectivity index (χ0v) is 17.2. The number of thioether (sulfide) groups is 1. The van der Waals surface area contributed by atoms with Crippen LogP contribution in [0.3, 0.4) is 0 Å². The highest BCUT2D eigenvalue weighted by atomic mass is 32.2. The summed E-state index contributed by atoms with van der Waals surface area (Å²) < 4.78 is 51.9. The Hall–Kier alpha value is -3.21. The van der Waals surface area contributed by atoms with E-state index in [1.165, 1.54) is 28.5 Å². The summed E-state index contributed by atoms with van der Waals surface area (Å²) in [7, 11) is 1.55. The van der Waals surface area contributed by atoms with E-state index in [-0.39, 0.29) is 18.7 Å². The summed E-state index contributed by atoms with van der Waals surface area (Å²) in [4.78, 5) is 11.0. The van der Waals surface area contributed by atoms with Crippen LogP contribution in [0.15, 0.2) is 53.7 Å². The topological polar surface area (TPSA) is 92.3 Å². The molecule has 0 saturated carbocycles. The van der Waals surface area contributed by atoms with Crippen LogP contribution in [0.4, 0.5) is 13.2 Å². The molecule has 3 aromatic rings. The molecule has 0 fully saturated rings. The summed E-state index contributed by atoms with van der Waals surface area (Å²) >= 11 is 1.17. The van der Waals surface area contributed by atoms with Crippen LogP contribution in [0.25, 0.3) is 5.69 Å². The SMILES string of the molecule is COc1ccc(OCc2nnc(SCCC(N)=O)n2-c2cccc(C(F)(F)F)c2)cc1. The van der Waals surface area contributed by atoms with Gasteiger partial charge in [0.05, 0.1) is 18.4 Å². The third-order valence-corrected chi connectivity index (χ3v) is 5.07. The van der Waals surface area contributed by atoms with Gasteiger partial charge in [-0.05, 0) is 42.5 Å². The number of carbonyl (C=O) groups excluding carboxylic acids is 1. The van der Waals surface area contributed by atoms with Gasteiger partial charge in [0, 0.05) is 12.2 Å².